The standard InChI is InChI=1S/C25H24F3N5O3.C2HF3O2/c26-25(27,28)15-8-9-20-19(14-15)30-24(36)33(20)16-10-12-32(13-11-16)22(34)7-3-6-21-29-18-5-2-1-4-17(18)23(35)31-21;3-2(4,5)1(6)7/h1-2,4-5,8-9,14,16H,3,6-7,10-13H2,(H,30,36)(H,29,31,35);(H,6,7). The van der Waals surface area contributed by atoms with Crippen LogP contribution in [0.3, 0.4) is 0 Å². The van der Waals surface area contributed by atoms with Crippen LogP contribution in [0.4, 0.5) is 26.3 Å². The number of alkyl halides is 6. The number of piperidine rings is 1. The number of fused-ring (bicyclic) bond motifs is 2. The summed E-state index contributed by atoms with van der Waals surface area (Å²) in [6, 6.07) is 10.1. The Morgan fingerprint density at radius 1 is 0.977 bits per heavy atom. The first-order chi connectivity index (χ1) is 20.1. The molecular formula is C27H25F6N5O5. The number of rotatable bonds is 5. The molecule has 3 heterocycles. The Morgan fingerprint density at radius 3 is 2.26 bits per heavy atom. The summed E-state index contributed by atoms with van der Waals surface area (Å²) < 4.78 is 72.3. The van der Waals surface area contributed by atoms with E-state index < -0.39 is 29.6 Å². The summed E-state index contributed by atoms with van der Waals surface area (Å²) in [7, 11) is 0. The van der Waals surface area contributed by atoms with Gasteiger partial charge < -0.3 is 20.0 Å². The number of halogens is 6. The molecule has 5 rings (SSSR count). The molecule has 0 radical (unpaired) electrons. The largest absolute Gasteiger partial charge is 0.490 e. The average Bonchev–Trinajstić information content (AvgIpc) is 3.27. The van der Waals surface area contributed by atoms with Crippen LogP contribution in [0.25, 0.3) is 21.9 Å². The number of hydrogen-bond acceptors (Lipinski definition) is 5. The summed E-state index contributed by atoms with van der Waals surface area (Å²) in [5, 5.41) is 7.65. The third kappa shape index (κ3) is 7.42. The van der Waals surface area contributed by atoms with Gasteiger partial charge in [-0.3, -0.25) is 14.2 Å². The average molecular weight is 614 g/mol. The van der Waals surface area contributed by atoms with Gasteiger partial charge in [-0.25, -0.2) is 14.6 Å². The van der Waals surface area contributed by atoms with E-state index >= 15 is 0 Å². The van der Waals surface area contributed by atoms with Crippen LogP contribution in [0.15, 0.2) is 52.1 Å². The van der Waals surface area contributed by atoms with E-state index in [0.29, 0.717) is 67.4 Å². The Kier molecular flexibility index (Phi) is 8.96. The van der Waals surface area contributed by atoms with Gasteiger partial charge in [0.2, 0.25) is 5.91 Å². The number of para-hydroxylation sites is 1. The van der Waals surface area contributed by atoms with Gasteiger partial charge in [0.05, 0.1) is 27.5 Å². The molecule has 43 heavy (non-hydrogen) atoms. The number of carbonyl (C=O) groups is 2. The van der Waals surface area contributed by atoms with E-state index in [1.807, 2.05) is 6.07 Å². The van der Waals surface area contributed by atoms with Gasteiger partial charge in [0, 0.05) is 32.0 Å². The highest BCUT2D eigenvalue weighted by atomic mass is 19.4. The van der Waals surface area contributed by atoms with Crippen molar-refractivity contribution in [1.29, 1.82) is 0 Å². The Bertz CT molecular complexity index is 1750. The summed E-state index contributed by atoms with van der Waals surface area (Å²) in [4.78, 5) is 57.8. The van der Waals surface area contributed by atoms with Crippen molar-refractivity contribution in [2.45, 2.75) is 50.5 Å². The number of carbonyl (C=O) groups excluding carboxylic acids is 1. The van der Waals surface area contributed by atoms with Crippen LogP contribution in [-0.2, 0) is 22.2 Å². The Hall–Kier alpha value is -4.63. The minimum absolute atomic E-state index is 0.0160. The van der Waals surface area contributed by atoms with Gasteiger partial charge in [-0.2, -0.15) is 26.3 Å². The van der Waals surface area contributed by atoms with Gasteiger partial charge in [-0.15, -0.1) is 0 Å². The number of carboxylic acids is 1. The van der Waals surface area contributed by atoms with Gasteiger partial charge in [-0.1, -0.05) is 12.1 Å². The van der Waals surface area contributed by atoms with E-state index in [1.165, 1.54) is 10.6 Å². The summed E-state index contributed by atoms with van der Waals surface area (Å²) >= 11 is 0. The third-order valence-corrected chi connectivity index (χ3v) is 6.93. The molecule has 16 heteroatoms. The highest BCUT2D eigenvalue weighted by Gasteiger charge is 2.38. The lowest BCUT2D eigenvalue weighted by atomic mass is 10.0. The molecule has 1 aliphatic heterocycles. The van der Waals surface area contributed by atoms with E-state index in [0.717, 1.165) is 12.1 Å². The number of H-pyrrole nitrogens is 2. The maximum atomic E-state index is 13.0. The van der Waals surface area contributed by atoms with Crippen LogP contribution in [0, 0.1) is 0 Å². The van der Waals surface area contributed by atoms with Crippen LogP contribution in [0.2, 0.25) is 0 Å². The van der Waals surface area contributed by atoms with Crippen molar-refractivity contribution in [3.63, 3.8) is 0 Å². The van der Waals surface area contributed by atoms with Gasteiger partial charge in [0.25, 0.3) is 5.56 Å². The van der Waals surface area contributed by atoms with Gasteiger partial charge >= 0.3 is 24.0 Å². The number of aromatic nitrogens is 4. The number of carboxylic acid groups (broad SMARTS) is 1. The minimum Gasteiger partial charge on any atom is -0.475 e. The number of likely N-dealkylation sites (tertiary alicyclic amines) is 1. The van der Waals surface area contributed by atoms with Crippen LogP contribution in [-0.4, -0.2) is 60.7 Å². The Labute approximate surface area is 238 Å². The second kappa shape index (κ2) is 12.3. The number of aromatic amines is 2. The van der Waals surface area contributed by atoms with E-state index in [1.54, 1.807) is 23.1 Å². The Balaban J connectivity index is 0.000000541. The van der Waals surface area contributed by atoms with E-state index in [4.69, 9.17) is 9.90 Å². The van der Waals surface area contributed by atoms with Crippen molar-refractivity contribution >= 4 is 33.8 Å². The highest BCUT2D eigenvalue weighted by molar-refractivity contribution is 5.78. The van der Waals surface area contributed by atoms with E-state index in [9.17, 15) is 40.7 Å². The summed E-state index contributed by atoms with van der Waals surface area (Å²) in [6.45, 7) is 0.905. The zero-order chi connectivity index (χ0) is 31.5. The zero-order valence-corrected chi connectivity index (χ0v) is 22.3. The second-order valence-electron chi connectivity index (χ2n) is 9.83. The molecule has 1 fully saturated rings. The van der Waals surface area contributed by atoms with Crippen molar-refractivity contribution in [2.75, 3.05) is 13.1 Å². The molecule has 4 aromatic rings. The van der Waals surface area contributed by atoms with Crippen LogP contribution < -0.4 is 11.2 Å². The van der Waals surface area contributed by atoms with E-state index in [2.05, 4.69) is 15.0 Å². The smallest absolute Gasteiger partial charge is 0.475 e. The predicted octanol–water partition coefficient (Wildman–Crippen LogP) is 4.40. The SMILES string of the molecule is O=C(CCCc1nc2ccccc2c(=O)[nH]1)N1CCC(n2c(=O)[nH]c3cc(C(F)(F)F)ccc32)CC1.O=C(O)C(F)(F)F. The summed E-state index contributed by atoms with van der Waals surface area (Å²) in [6.07, 6.45) is -7.22. The number of aliphatic carboxylic acids is 1. The normalized spacial score (nSPS) is 14.5. The molecule has 1 aliphatic rings. The van der Waals surface area contributed by atoms with Crippen LogP contribution in [0.5, 0.6) is 0 Å². The fraction of sp³-hybridized carbons (Fsp3) is 0.370. The number of hydrogen-bond donors (Lipinski definition) is 3. The molecule has 0 atom stereocenters. The predicted molar refractivity (Wildman–Crippen MR) is 141 cm³/mol. The number of aryl methyl sites for hydroxylation is 1. The maximum absolute atomic E-state index is 13.0. The van der Waals surface area contributed by atoms with Crippen LogP contribution in [0.1, 0.15) is 43.1 Å². The molecule has 0 saturated carbocycles. The first kappa shape index (κ1) is 31.3. The number of amides is 1. The number of nitrogens with zero attached hydrogens (tertiary/aromatic N) is 3. The lowest BCUT2D eigenvalue weighted by Crippen LogP contribution is -2.40. The molecule has 0 unspecified atom stereocenters. The van der Waals surface area contributed by atoms with Gasteiger partial charge in [-0.05, 0) is 49.6 Å². The molecule has 0 bridgehead atoms. The van der Waals surface area contributed by atoms with Gasteiger partial charge in [0.15, 0.2) is 0 Å². The number of benzene rings is 2. The minimum atomic E-state index is -5.08. The van der Waals surface area contributed by atoms with E-state index in [-0.39, 0.29) is 23.0 Å². The fourth-order valence-corrected chi connectivity index (χ4v) is 4.86. The van der Waals surface area contributed by atoms with Crippen LogP contribution >= 0.6 is 0 Å². The zero-order valence-electron chi connectivity index (χ0n) is 22.3. The monoisotopic (exact) mass is 613 g/mol. The second-order valence-corrected chi connectivity index (χ2v) is 9.83. The molecule has 1 saturated heterocycles. The molecule has 2 aromatic carbocycles. The molecule has 3 N–H and O–H groups in total. The van der Waals surface area contributed by atoms with Crippen molar-refractivity contribution < 1.29 is 41.0 Å². The topological polar surface area (TPSA) is 141 Å². The molecule has 10 nitrogen and oxygen atoms in total. The molecule has 0 spiro atoms. The van der Waals surface area contributed by atoms with Crippen molar-refractivity contribution in [3.05, 3.63) is 74.7 Å². The summed E-state index contributed by atoms with van der Waals surface area (Å²) in [5.41, 5.74) is -0.279. The van der Waals surface area contributed by atoms with Crippen molar-refractivity contribution in [2.24, 2.45) is 0 Å². The highest BCUT2D eigenvalue weighted by Crippen LogP contribution is 2.32. The molecular weight excluding hydrogens is 588 g/mol. The number of imidazole rings is 1. The fourth-order valence-electron chi connectivity index (χ4n) is 4.86. The first-order valence-corrected chi connectivity index (χ1v) is 13.0. The Morgan fingerprint density at radius 2 is 1.63 bits per heavy atom. The summed E-state index contributed by atoms with van der Waals surface area (Å²) in [5.74, 6) is -2.23. The maximum Gasteiger partial charge on any atom is 0.490 e. The quantitative estimate of drug-likeness (QED) is 0.285. The third-order valence-electron chi connectivity index (χ3n) is 6.93. The molecule has 0 aliphatic carbocycles. The van der Waals surface area contributed by atoms with Crippen molar-refractivity contribution in [3.8, 4) is 0 Å². The molecule has 1 amide bonds. The number of nitrogens with one attached hydrogen (secondary N) is 2. The lowest BCUT2D eigenvalue weighted by molar-refractivity contribution is -0.192. The molecule has 230 valence electrons. The van der Waals surface area contributed by atoms with Gasteiger partial charge in [0.1, 0.15) is 5.82 Å². The first-order valence-electron chi connectivity index (χ1n) is 13.0. The molecule has 2 aromatic heterocycles. The van der Waals surface area contributed by atoms with Crippen molar-refractivity contribution in [1.82, 2.24) is 24.4 Å². The lowest BCUT2D eigenvalue weighted by Gasteiger charge is -2.32.